The van der Waals surface area contributed by atoms with E-state index in [9.17, 15) is 68.1 Å². The van der Waals surface area contributed by atoms with Crippen LogP contribution in [0.5, 0.6) is 0 Å². The third-order valence-electron chi connectivity index (χ3n) is 15.4. The van der Waals surface area contributed by atoms with E-state index in [0.717, 1.165) is 14.7 Å². The molecule has 86 heavy (non-hydrogen) atoms. The number of carbonyl (C=O) groups is 11. The lowest BCUT2D eigenvalue weighted by molar-refractivity contribution is -0.155. The van der Waals surface area contributed by atoms with Crippen LogP contribution >= 0.6 is 0 Å². The summed E-state index contributed by atoms with van der Waals surface area (Å²) < 4.78 is 0. The van der Waals surface area contributed by atoms with Gasteiger partial charge in [0, 0.05) is 35.2 Å². The minimum Gasteiger partial charge on any atom is -0.480 e. The summed E-state index contributed by atoms with van der Waals surface area (Å²) in [6.07, 6.45) is 1.97. The lowest BCUT2D eigenvalue weighted by atomic mass is 9.91. The zero-order valence-electron chi connectivity index (χ0n) is 55.7. The molecular weight excluding hydrogens is 1110 g/mol. The van der Waals surface area contributed by atoms with Gasteiger partial charge < -0.3 is 72.1 Å². The lowest BCUT2D eigenvalue weighted by Gasteiger charge is -2.40. The maximum atomic E-state index is 14.9. The number of carboxylic acids is 1. The van der Waals surface area contributed by atoms with Gasteiger partial charge in [0.1, 0.15) is 60.9 Å². The second-order valence-electron chi connectivity index (χ2n) is 25.6. The van der Waals surface area contributed by atoms with Crippen LogP contribution in [0, 0.1) is 41.4 Å². The molecule has 25 heteroatoms. The summed E-state index contributed by atoms with van der Waals surface area (Å²) in [5, 5.41) is 45.1. The summed E-state index contributed by atoms with van der Waals surface area (Å²) in [6, 6.07) is -12.5. The third kappa shape index (κ3) is 24.9. The number of hydrogen-bond acceptors (Lipinski definition) is 14. The first kappa shape index (κ1) is 79.8. The summed E-state index contributed by atoms with van der Waals surface area (Å²) in [5.74, 6) is -10.5. The number of allylic oxidation sites excluding steroid dienone is 2. The number of rotatable bonds is 37. The first-order valence-electron chi connectivity index (χ1n) is 30.4. The van der Waals surface area contributed by atoms with E-state index >= 15 is 0 Å². The molecule has 0 bridgehead atoms. The molecule has 0 aromatic carbocycles. The topological polar surface area (TPSA) is 351 Å². The molecule has 0 fully saturated rings. The normalized spacial score (nSPS) is 16.7. The molecule has 0 rings (SSSR count). The highest BCUT2D eigenvalue weighted by molar-refractivity contribution is 5.99. The van der Waals surface area contributed by atoms with Crippen LogP contribution in [0.2, 0.25) is 0 Å². The molecule has 0 radical (unpaired) electrons. The van der Waals surface area contributed by atoms with Gasteiger partial charge in [-0.05, 0) is 101 Å². The van der Waals surface area contributed by atoms with Gasteiger partial charge in [0.05, 0.1) is 18.2 Å². The third-order valence-corrected chi connectivity index (χ3v) is 15.4. The van der Waals surface area contributed by atoms with Gasteiger partial charge in [-0.25, -0.2) is 0 Å². The van der Waals surface area contributed by atoms with E-state index in [-0.39, 0.29) is 61.7 Å². The molecule has 0 aromatic heterocycles. The average molecular weight is 1220 g/mol. The standard InChI is InChI=1S/C61H111N11O14/c1-23-25-26-38(14)51(76)50(56(81)67-48(41(17)73)60(85)68(18)31-46(74)75)72(22)61(86)49(36(11)12)71(21)59(84)43(28-33(5)6)65-54(79)45(30-35(9)10)69(19)57(82)40(16)64-52(77)39(15)63-53(78)44(29-34(7)8)70(20)58(83)42(27-32(3)4)66-55(80)47(62)37(13)24-2/h23,25,32-45,47-51,73,76H,24,26-31,62H2,1-22H3,(H,63,78)(H,64,77)(H,65,79)(H,66,80)(H,67,81)(H,74,75)/t37?,38-,39+,40-,41-,42+,43+,44+,45+,47-,48+,49+,50+,51-/m1/s1. The van der Waals surface area contributed by atoms with Crippen molar-refractivity contribution in [2.24, 2.45) is 47.2 Å². The van der Waals surface area contributed by atoms with E-state index in [1.54, 1.807) is 39.8 Å². The second kappa shape index (κ2) is 37.5. The zero-order chi connectivity index (χ0) is 67.1. The van der Waals surface area contributed by atoms with Crippen molar-refractivity contribution in [2.75, 3.05) is 41.8 Å². The summed E-state index contributed by atoms with van der Waals surface area (Å²) in [6.45, 7) is 28.6. The second-order valence-corrected chi connectivity index (χ2v) is 25.6. The summed E-state index contributed by atoms with van der Waals surface area (Å²) >= 11 is 0. The van der Waals surface area contributed by atoms with Crippen molar-refractivity contribution >= 4 is 65.0 Å². The number of likely N-dealkylation sites (N-methyl/N-ethyl adjacent to an activating group) is 5. The Morgan fingerprint density at radius 1 is 0.477 bits per heavy atom. The predicted octanol–water partition coefficient (Wildman–Crippen LogP) is 1.86. The van der Waals surface area contributed by atoms with Crippen molar-refractivity contribution < 1.29 is 68.1 Å². The molecule has 0 saturated heterocycles. The van der Waals surface area contributed by atoms with E-state index in [4.69, 9.17) is 5.73 Å². The van der Waals surface area contributed by atoms with E-state index in [2.05, 4.69) is 26.6 Å². The van der Waals surface area contributed by atoms with Gasteiger partial charge in [-0.3, -0.25) is 52.7 Å². The zero-order valence-corrected chi connectivity index (χ0v) is 55.7. The molecule has 0 aliphatic carbocycles. The van der Waals surface area contributed by atoms with E-state index in [0.29, 0.717) is 6.42 Å². The lowest BCUT2D eigenvalue weighted by Crippen LogP contribution is -2.64. The number of nitrogens with two attached hydrogens (primary N) is 1. The molecule has 0 aliphatic heterocycles. The first-order valence-corrected chi connectivity index (χ1v) is 30.4. The van der Waals surface area contributed by atoms with Gasteiger partial charge in [-0.1, -0.05) is 109 Å². The van der Waals surface area contributed by atoms with Crippen LogP contribution in [0.1, 0.15) is 156 Å². The average Bonchev–Trinajstić information content (AvgIpc) is 3.63. The molecular formula is C61H111N11O14. The van der Waals surface area contributed by atoms with Gasteiger partial charge in [-0.2, -0.15) is 0 Å². The highest BCUT2D eigenvalue weighted by atomic mass is 16.4. The van der Waals surface area contributed by atoms with Gasteiger partial charge >= 0.3 is 5.97 Å². The molecule has 10 N–H and O–H groups in total. The monoisotopic (exact) mass is 1220 g/mol. The quantitative estimate of drug-likeness (QED) is 0.0401. The van der Waals surface area contributed by atoms with E-state index in [1.165, 1.54) is 65.8 Å². The molecule has 0 aliphatic rings. The fourth-order valence-electron chi connectivity index (χ4n) is 9.98. The van der Waals surface area contributed by atoms with Crippen molar-refractivity contribution in [3.8, 4) is 0 Å². The van der Waals surface area contributed by atoms with E-state index < -0.39 is 156 Å². The smallest absolute Gasteiger partial charge is 0.323 e. The van der Waals surface area contributed by atoms with Crippen LogP contribution < -0.4 is 32.3 Å². The number of aliphatic hydroxyl groups excluding tert-OH is 2. The number of carboxylic acid groups (broad SMARTS) is 1. The molecule has 0 aromatic rings. The van der Waals surface area contributed by atoms with Crippen LogP contribution in [0.3, 0.4) is 0 Å². The van der Waals surface area contributed by atoms with Gasteiger partial charge in [0.2, 0.25) is 59.1 Å². The van der Waals surface area contributed by atoms with Crippen LogP contribution in [-0.2, 0) is 52.7 Å². The Bertz CT molecular complexity index is 2300. The Balaban J connectivity index is 6.90. The number of nitrogens with one attached hydrogen (secondary N) is 5. The number of aliphatic carboxylic acids is 1. The largest absolute Gasteiger partial charge is 0.480 e. The summed E-state index contributed by atoms with van der Waals surface area (Å²) in [4.78, 5) is 158. The molecule has 0 saturated carbocycles. The van der Waals surface area contributed by atoms with Crippen molar-refractivity contribution in [3.05, 3.63) is 12.2 Å². The van der Waals surface area contributed by atoms with Gasteiger partial charge in [0.25, 0.3) is 0 Å². The fourth-order valence-corrected chi connectivity index (χ4v) is 9.98. The molecule has 0 heterocycles. The number of amides is 10. The Hall–Kier alpha value is -6.21. The minimum atomic E-state index is -1.71. The SMILES string of the molecule is CC=CC[C@@H](C)[C@@H](O)[C@@H](C(=O)N[C@H](C(=O)N(C)CC(=O)O)[C@@H](C)O)N(C)C(=O)[C@H](C(C)C)N(C)C(=O)[C@H](CC(C)C)NC(=O)[C@H](CC(C)C)N(C)C(=O)[C@@H](C)NC(=O)[C@H](C)NC(=O)[C@H](CC(C)C)N(C)C(=O)[C@H](CC(C)C)NC(=O)[C@H](N)C(C)CC. The predicted molar refractivity (Wildman–Crippen MR) is 329 cm³/mol. The van der Waals surface area contributed by atoms with Gasteiger partial charge in [0.15, 0.2) is 0 Å². The molecule has 494 valence electrons. The fraction of sp³-hybridized carbons (Fsp3) is 0.787. The Labute approximate surface area is 512 Å². The van der Waals surface area contributed by atoms with Crippen LogP contribution in [-0.4, -0.2) is 219 Å². The summed E-state index contributed by atoms with van der Waals surface area (Å²) in [7, 11) is 6.66. The minimum absolute atomic E-state index is 0.00932. The number of hydrogen-bond donors (Lipinski definition) is 9. The first-order chi connectivity index (χ1) is 39.6. The van der Waals surface area contributed by atoms with Crippen LogP contribution in [0.25, 0.3) is 0 Å². The number of aliphatic hydroxyl groups is 2. The molecule has 25 nitrogen and oxygen atoms in total. The van der Waals surface area contributed by atoms with E-state index in [1.807, 2.05) is 69.2 Å². The highest BCUT2D eigenvalue weighted by Gasteiger charge is 2.45. The Morgan fingerprint density at radius 3 is 1.31 bits per heavy atom. The number of carbonyl (C=O) groups excluding carboxylic acids is 10. The van der Waals surface area contributed by atoms with Gasteiger partial charge in [-0.15, -0.1) is 0 Å². The Kier molecular flexibility index (Phi) is 34.8. The highest BCUT2D eigenvalue weighted by Crippen LogP contribution is 2.24. The molecule has 0 spiro atoms. The Morgan fingerprint density at radius 2 is 0.895 bits per heavy atom. The van der Waals surface area contributed by atoms with Crippen molar-refractivity contribution in [3.63, 3.8) is 0 Å². The van der Waals surface area contributed by atoms with Crippen LogP contribution in [0.4, 0.5) is 0 Å². The maximum Gasteiger partial charge on any atom is 0.323 e. The summed E-state index contributed by atoms with van der Waals surface area (Å²) in [5.41, 5.74) is 6.21. The maximum absolute atomic E-state index is 14.9. The molecule has 1 unspecified atom stereocenters. The molecule has 14 atom stereocenters. The molecule has 10 amide bonds. The van der Waals surface area contributed by atoms with Crippen molar-refractivity contribution in [2.45, 2.75) is 229 Å². The van der Waals surface area contributed by atoms with Crippen molar-refractivity contribution in [1.82, 2.24) is 51.1 Å². The number of nitrogens with zero attached hydrogens (tertiary/aromatic N) is 5. The van der Waals surface area contributed by atoms with Crippen molar-refractivity contribution in [1.29, 1.82) is 0 Å². The van der Waals surface area contributed by atoms with Crippen LogP contribution in [0.15, 0.2) is 12.2 Å².